The molecule has 1 aromatic heterocycles. The maximum atomic E-state index is 13.5. The molecular weight excluding hydrogens is 428 g/mol. The molecule has 0 bridgehead atoms. The van der Waals surface area contributed by atoms with E-state index in [2.05, 4.69) is 32.7 Å². The highest BCUT2D eigenvalue weighted by molar-refractivity contribution is 5.91. The highest BCUT2D eigenvalue weighted by Gasteiger charge is 2.44. The Kier molecular flexibility index (Phi) is 8.27. The van der Waals surface area contributed by atoms with E-state index in [9.17, 15) is 9.59 Å². The lowest BCUT2D eigenvalue weighted by molar-refractivity contribution is -0.166. The summed E-state index contributed by atoms with van der Waals surface area (Å²) in [5.74, 6) is 0.626. The molecule has 1 unspecified atom stereocenters. The number of nitrogens with one attached hydrogen (secondary N) is 2. The zero-order valence-corrected chi connectivity index (χ0v) is 20.1. The van der Waals surface area contributed by atoms with Gasteiger partial charge in [-0.3, -0.25) is 14.6 Å². The van der Waals surface area contributed by atoms with E-state index in [0.717, 1.165) is 56.2 Å². The molecule has 0 spiro atoms. The fourth-order valence-corrected chi connectivity index (χ4v) is 5.17. The van der Waals surface area contributed by atoms with Crippen molar-refractivity contribution in [2.45, 2.75) is 76.2 Å². The lowest BCUT2D eigenvalue weighted by atomic mass is 9.73. The smallest absolute Gasteiger partial charge is 0.316 e. The summed E-state index contributed by atoms with van der Waals surface area (Å²) in [6.45, 7) is 2.75. The Morgan fingerprint density at radius 3 is 2.50 bits per heavy atom. The summed E-state index contributed by atoms with van der Waals surface area (Å²) < 4.78 is 6.16. The number of ether oxygens (including phenoxy) is 1. The average molecular weight is 465 g/mol. The standard InChI is InChI=1S/C27H36N4O3/c1-20-17-29-18-24(30-20)31-25(32)19-28-16-13-21-11-12-23(21)34-26(33)27(14-7-2-3-8-15-27)22-9-5-4-6-10-22/h4-6,9-10,17-18,21,23,28H,2-3,7-8,11-16,19H2,1H3,(H,30,31,32)/t21?,23-/m0/s1. The number of aryl methyl sites for hydroxylation is 1. The summed E-state index contributed by atoms with van der Waals surface area (Å²) in [5.41, 5.74) is 1.35. The van der Waals surface area contributed by atoms with Gasteiger partial charge in [-0.2, -0.15) is 0 Å². The van der Waals surface area contributed by atoms with Crippen LogP contribution < -0.4 is 10.6 Å². The van der Waals surface area contributed by atoms with Crippen molar-refractivity contribution in [1.82, 2.24) is 15.3 Å². The van der Waals surface area contributed by atoms with E-state index in [4.69, 9.17) is 4.74 Å². The summed E-state index contributed by atoms with van der Waals surface area (Å²) in [6, 6.07) is 10.2. The first-order valence-electron chi connectivity index (χ1n) is 12.6. The average Bonchev–Trinajstić information content (AvgIpc) is 3.09. The molecule has 2 aliphatic carbocycles. The zero-order chi connectivity index (χ0) is 23.8. The highest BCUT2D eigenvalue weighted by Crippen LogP contribution is 2.42. The van der Waals surface area contributed by atoms with E-state index in [1.54, 1.807) is 6.20 Å². The van der Waals surface area contributed by atoms with Crippen molar-refractivity contribution < 1.29 is 14.3 Å². The second-order valence-electron chi connectivity index (χ2n) is 9.70. The Bertz CT molecular complexity index is 957. The quantitative estimate of drug-likeness (QED) is 0.326. The van der Waals surface area contributed by atoms with Gasteiger partial charge in [0.25, 0.3) is 0 Å². The van der Waals surface area contributed by atoms with Gasteiger partial charge < -0.3 is 15.4 Å². The predicted octanol–water partition coefficient (Wildman–Crippen LogP) is 4.32. The summed E-state index contributed by atoms with van der Waals surface area (Å²) in [5, 5.41) is 5.95. The molecule has 4 rings (SSSR count). The van der Waals surface area contributed by atoms with Crippen LogP contribution in [0.25, 0.3) is 0 Å². The van der Waals surface area contributed by atoms with Crippen LogP contribution in [-0.2, 0) is 19.7 Å². The molecule has 2 fully saturated rings. The second-order valence-corrected chi connectivity index (χ2v) is 9.70. The number of benzene rings is 1. The van der Waals surface area contributed by atoms with Gasteiger partial charge in [0.1, 0.15) is 6.10 Å². The van der Waals surface area contributed by atoms with E-state index in [-0.39, 0.29) is 24.5 Å². The molecule has 2 aliphatic rings. The third kappa shape index (κ3) is 6.00. The lowest BCUT2D eigenvalue weighted by Crippen LogP contribution is -2.44. The van der Waals surface area contributed by atoms with Gasteiger partial charge in [-0.1, -0.05) is 56.0 Å². The van der Waals surface area contributed by atoms with E-state index in [0.29, 0.717) is 18.3 Å². The minimum absolute atomic E-state index is 0.0189. The van der Waals surface area contributed by atoms with E-state index in [1.807, 2.05) is 25.1 Å². The van der Waals surface area contributed by atoms with Gasteiger partial charge >= 0.3 is 5.97 Å². The number of rotatable bonds is 9. The van der Waals surface area contributed by atoms with Gasteiger partial charge in [0, 0.05) is 6.20 Å². The van der Waals surface area contributed by atoms with Gasteiger partial charge in [-0.25, -0.2) is 4.98 Å². The van der Waals surface area contributed by atoms with Crippen LogP contribution >= 0.6 is 0 Å². The summed E-state index contributed by atoms with van der Waals surface area (Å²) >= 11 is 0. The Morgan fingerprint density at radius 2 is 1.82 bits per heavy atom. The van der Waals surface area contributed by atoms with Crippen LogP contribution in [0.5, 0.6) is 0 Å². The first-order valence-corrected chi connectivity index (χ1v) is 12.6. The minimum Gasteiger partial charge on any atom is -0.461 e. The van der Waals surface area contributed by atoms with Crippen molar-refractivity contribution >= 4 is 17.7 Å². The monoisotopic (exact) mass is 464 g/mol. The van der Waals surface area contributed by atoms with Crippen molar-refractivity contribution in [2.75, 3.05) is 18.4 Å². The van der Waals surface area contributed by atoms with Crippen LogP contribution in [0.15, 0.2) is 42.7 Å². The topological polar surface area (TPSA) is 93.2 Å². The molecule has 2 atom stereocenters. The van der Waals surface area contributed by atoms with Crippen LogP contribution in [0.2, 0.25) is 0 Å². The number of esters is 1. The molecule has 34 heavy (non-hydrogen) atoms. The van der Waals surface area contributed by atoms with E-state index >= 15 is 0 Å². The largest absolute Gasteiger partial charge is 0.461 e. The highest BCUT2D eigenvalue weighted by atomic mass is 16.5. The molecule has 1 heterocycles. The van der Waals surface area contributed by atoms with Gasteiger partial charge in [-0.05, 0) is 57.1 Å². The Hall–Kier alpha value is -2.80. The number of carbonyl (C=O) groups is 2. The predicted molar refractivity (Wildman–Crippen MR) is 131 cm³/mol. The normalized spacial score (nSPS) is 21.7. The van der Waals surface area contributed by atoms with Crippen LogP contribution in [0, 0.1) is 12.8 Å². The Labute approximate surface area is 202 Å². The molecule has 2 N–H and O–H groups in total. The van der Waals surface area contributed by atoms with Crippen LogP contribution in [-0.4, -0.2) is 41.0 Å². The molecule has 1 aromatic carbocycles. The third-order valence-corrected chi connectivity index (χ3v) is 7.28. The summed E-state index contributed by atoms with van der Waals surface area (Å²) in [6.07, 6.45) is 12.3. The molecule has 2 saturated carbocycles. The molecular formula is C27H36N4O3. The van der Waals surface area contributed by atoms with Crippen LogP contribution in [0.1, 0.15) is 69.0 Å². The maximum Gasteiger partial charge on any atom is 0.316 e. The number of carbonyl (C=O) groups excluding carboxylic acids is 2. The summed E-state index contributed by atoms with van der Waals surface area (Å²) in [4.78, 5) is 33.9. The van der Waals surface area contributed by atoms with Crippen molar-refractivity contribution in [2.24, 2.45) is 5.92 Å². The first kappa shape index (κ1) is 24.3. The first-order chi connectivity index (χ1) is 16.6. The molecule has 182 valence electrons. The van der Waals surface area contributed by atoms with Gasteiger partial charge in [0.05, 0.1) is 23.9 Å². The van der Waals surface area contributed by atoms with Crippen molar-refractivity contribution in [3.05, 3.63) is 54.0 Å². The third-order valence-electron chi connectivity index (χ3n) is 7.28. The van der Waals surface area contributed by atoms with Gasteiger partial charge in [0.15, 0.2) is 5.82 Å². The molecule has 0 saturated heterocycles. The lowest BCUT2D eigenvalue weighted by Gasteiger charge is -2.40. The number of hydrogen-bond donors (Lipinski definition) is 2. The second kappa shape index (κ2) is 11.6. The fourth-order valence-electron chi connectivity index (χ4n) is 5.17. The fraction of sp³-hybridized carbons (Fsp3) is 0.556. The van der Waals surface area contributed by atoms with Crippen LogP contribution in [0.3, 0.4) is 0 Å². The van der Waals surface area contributed by atoms with E-state index < -0.39 is 5.41 Å². The number of amides is 1. The molecule has 7 heteroatoms. The molecule has 0 aliphatic heterocycles. The number of hydrogen-bond acceptors (Lipinski definition) is 6. The number of anilines is 1. The van der Waals surface area contributed by atoms with Gasteiger partial charge in [-0.15, -0.1) is 0 Å². The Balaban J connectivity index is 1.25. The van der Waals surface area contributed by atoms with Crippen molar-refractivity contribution in [3.8, 4) is 0 Å². The van der Waals surface area contributed by atoms with Crippen molar-refractivity contribution in [3.63, 3.8) is 0 Å². The SMILES string of the molecule is Cc1cncc(NC(=O)CNCCC2CC[C@@H]2OC(=O)C2(c3ccccc3)CCCCCC2)n1. The number of aromatic nitrogens is 2. The summed E-state index contributed by atoms with van der Waals surface area (Å²) in [7, 11) is 0. The number of nitrogens with zero attached hydrogens (tertiary/aromatic N) is 2. The maximum absolute atomic E-state index is 13.5. The minimum atomic E-state index is -0.507. The van der Waals surface area contributed by atoms with Crippen LogP contribution in [0.4, 0.5) is 5.82 Å². The molecule has 7 nitrogen and oxygen atoms in total. The van der Waals surface area contributed by atoms with E-state index in [1.165, 1.54) is 19.0 Å². The molecule has 1 amide bonds. The molecule has 2 aromatic rings. The Morgan fingerprint density at radius 1 is 1.06 bits per heavy atom. The van der Waals surface area contributed by atoms with Gasteiger partial charge in [0.2, 0.25) is 5.91 Å². The molecule has 0 radical (unpaired) electrons. The zero-order valence-electron chi connectivity index (χ0n) is 20.1. The van der Waals surface area contributed by atoms with Crippen molar-refractivity contribution in [1.29, 1.82) is 0 Å².